The summed E-state index contributed by atoms with van der Waals surface area (Å²) in [4.78, 5) is 0. The molecular weight excluding hydrogens is 322 g/mol. The Morgan fingerprint density at radius 2 is 1.63 bits per heavy atom. The zero-order valence-electron chi connectivity index (χ0n) is 11.1. The first kappa shape index (κ1) is 14.6. The van der Waals surface area contributed by atoms with Crippen molar-refractivity contribution in [3.63, 3.8) is 0 Å². The Morgan fingerprint density at radius 3 is 2.16 bits per heavy atom. The van der Waals surface area contributed by atoms with E-state index < -0.39 is 0 Å². The fourth-order valence-electron chi connectivity index (χ4n) is 2.19. The molecule has 0 heterocycles. The predicted molar refractivity (Wildman–Crippen MR) is 85.7 cm³/mol. The number of aryl methyl sites for hydroxylation is 2. The Bertz CT molecular complexity index is 555. The Labute approximate surface area is 127 Å². The highest BCUT2D eigenvalue weighted by Crippen LogP contribution is 2.26. The van der Waals surface area contributed by atoms with Gasteiger partial charge in [-0.2, -0.15) is 0 Å². The summed E-state index contributed by atoms with van der Waals surface area (Å²) in [5.74, 6) is 0. The first-order chi connectivity index (χ1) is 8.97. The van der Waals surface area contributed by atoms with E-state index in [2.05, 4.69) is 41.9 Å². The lowest BCUT2D eigenvalue weighted by molar-refractivity contribution is 0.720. The smallest absolute Gasteiger partial charge is 0.0406 e. The predicted octanol–water partition coefficient (Wildman–Crippen LogP) is 4.96. The van der Waals surface area contributed by atoms with Crippen LogP contribution in [0.2, 0.25) is 5.02 Å². The van der Waals surface area contributed by atoms with Crippen molar-refractivity contribution in [3.05, 3.63) is 68.1 Å². The third-order valence-electron chi connectivity index (χ3n) is 3.26. The van der Waals surface area contributed by atoms with E-state index in [1.165, 1.54) is 22.3 Å². The molecule has 0 aliphatic rings. The summed E-state index contributed by atoms with van der Waals surface area (Å²) in [6.07, 6.45) is 0.817. The molecule has 0 saturated heterocycles. The van der Waals surface area contributed by atoms with Gasteiger partial charge in [0.25, 0.3) is 0 Å². The van der Waals surface area contributed by atoms with Gasteiger partial charge in [0.1, 0.15) is 0 Å². The second-order valence-corrected chi connectivity index (χ2v) is 6.14. The lowest BCUT2D eigenvalue weighted by Gasteiger charge is -2.15. The molecule has 2 aromatic rings. The molecule has 0 aromatic heterocycles. The molecule has 1 atom stereocenters. The molecular formula is C16H17BrClN. The number of hydrogen-bond donors (Lipinski definition) is 1. The van der Waals surface area contributed by atoms with Gasteiger partial charge in [-0.1, -0.05) is 51.8 Å². The molecule has 0 radical (unpaired) electrons. The van der Waals surface area contributed by atoms with E-state index in [0.29, 0.717) is 0 Å². The Hall–Kier alpha value is -0.830. The second kappa shape index (κ2) is 6.08. The van der Waals surface area contributed by atoms with Gasteiger partial charge in [-0.15, -0.1) is 0 Å². The van der Waals surface area contributed by atoms with Crippen LogP contribution < -0.4 is 5.73 Å². The monoisotopic (exact) mass is 337 g/mol. The topological polar surface area (TPSA) is 26.0 Å². The Kier molecular flexibility index (Phi) is 4.67. The minimum atomic E-state index is 0.00618. The van der Waals surface area contributed by atoms with E-state index in [0.717, 1.165) is 15.9 Å². The molecule has 0 amide bonds. The molecule has 2 aromatic carbocycles. The molecule has 3 heteroatoms. The van der Waals surface area contributed by atoms with Gasteiger partial charge in [0.05, 0.1) is 0 Å². The number of benzene rings is 2. The molecule has 0 spiro atoms. The summed E-state index contributed by atoms with van der Waals surface area (Å²) in [6, 6.07) is 12.2. The molecule has 0 fully saturated rings. The maximum atomic E-state index is 6.30. The van der Waals surface area contributed by atoms with E-state index in [4.69, 9.17) is 17.3 Å². The highest BCUT2D eigenvalue weighted by atomic mass is 79.9. The van der Waals surface area contributed by atoms with E-state index >= 15 is 0 Å². The van der Waals surface area contributed by atoms with E-state index in [1.807, 2.05) is 24.3 Å². The maximum absolute atomic E-state index is 6.30. The van der Waals surface area contributed by atoms with Crippen LogP contribution in [0, 0.1) is 13.8 Å². The van der Waals surface area contributed by atoms with Crippen LogP contribution in [-0.2, 0) is 6.42 Å². The average molecular weight is 339 g/mol. The van der Waals surface area contributed by atoms with Crippen molar-refractivity contribution in [2.45, 2.75) is 26.3 Å². The number of hydrogen-bond acceptors (Lipinski definition) is 1. The van der Waals surface area contributed by atoms with Crippen molar-refractivity contribution in [1.29, 1.82) is 0 Å². The fourth-order valence-corrected chi connectivity index (χ4v) is 2.54. The largest absolute Gasteiger partial charge is 0.324 e. The second-order valence-electron chi connectivity index (χ2n) is 4.91. The highest BCUT2D eigenvalue weighted by molar-refractivity contribution is 9.10. The van der Waals surface area contributed by atoms with Gasteiger partial charge in [0.15, 0.2) is 0 Å². The summed E-state index contributed by atoms with van der Waals surface area (Å²) >= 11 is 9.47. The molecule has 0 bridgehead atoms. The van der Waals surface area contributed by atoms with E-state index in [1.54, 1.807) is 0 Å². The lowest BCUT2D eigenvalue weighted by Crippen LogP contribution is -2.13. The summed E-state index contributed by atoms with van der Waals surface area (Å²) in [6.45, 7) is 4.19. The lowest BCUT2D eigenvalue weighted by atomic mass is 9.97. The third kappa shape index (κ3) is 3.59. The van der Waals surface area contributed by atoms with Gasteiger partial charge in [0, 0.05) is 15.5 Å². The first-order valence-electron chi connectivity index (χ1n) is 6.24. The van der Waals surface area contributed by atoms with Crippen LogP contribution in [0.4, 0.5) is 0 Å². The normalized spacial score (nSPS) is 12.5. The van der Waals surface area contributed by atoms with Gasteiger partial charge in [-0.25, -0.2) is 0 Å². The van der Waals surface area contributed by atoms with E-state index in [9.17, 15) is 0 Å². The van der Waals surface area contributed by atoms with Gasteiger partial charge in [-0.3, -0.25) is 0 Å². The van der Waals surface area contributed by atoms with Gasteiger partial charge < -0.3 is 5.73 Å². The van der Waals surface area contributed by atoms with Crippen molar-refractivity contribution in [3.8, 4) is 0 Å². The summed E-state index contributed by atoms with van der Waals surface area (Å²) < 4.78 is 1.16. The minimum absolute atomic E-state index is 0.00618. The molecule has 0 aliphatic heterocycles. The minimum Gasteiger partial charge on any atom is -0.324 e. The standard InChI is InChI=1S/C16H17BrClN/c1-10-7-13(8-11(2)16(10)17)15(19)9-12-3-5-14(18)6-4-12/h3-8,15H,9,19H2,1-2H3. The zero-order valence-corrected chi connectivity index (χ0v) is 13.4. The van der Waals surface area contributed by atoms with Crippen molar-refractivity contribution >= 4 is 27.5 Å². The summed E-state index contributed by atoms with van der Waals surface area (Å²) in [7, 11) is 0. The number of halogens is 2. The van der Waals surface area contributed by atoms with Gasteiger partial charge >= 0.3 is 0 Å². The first-order valence-corrected chi connectivity index (χ1v) is 7.41. The van der Waals surface area contributed by atoms with Crippen LogP contribution in [0.15, 0.2) is 40.9 Å². The van der Waals surface area contributed by atoms with Crippen molar-refractivity contribution in [1.82, 2.24) is 0 Å². The Balaban J connectivity index is 2.20. The number of rotatable bonds is 3. The molecule has 19 heavy (non-hydrogen) atoms. The summed E-state index contributed by atoms with van der Waals surface area (Å²) in [5, 5.41) is 0.757. The maximum Gasteiger partial charge on any atom is 0.0406 e. The molecule has 100 valence electrons. The van der Waals surface area contributed by atoms with Gasteiger partial charge in [0.2, 0.25) is 0 Å². The highest BCUT2D eigenvalue weighted by Gasteiger charge is 2.10. The van der Waals surface area contributed by atoms with Crippen LogP contribution in [0.25, 0.3) is 0 Å². The fraction of sp³-hybridized carbons (Fsp3) is 0.250. The van der Waals surface area contributed by atoms with Crippen LogP contribution in [-0.4, -0.2) is 0 Å². The van der Waals surface area contributed by atoms with Crippen molar-refractivity contribution in [2.24, 2.45) is 5.73 Å². The van der Waals surface area contributed by atoms with Crippen LogP contribution in [0.1, 0.15) is 28.3 Å². The van der Waals surface area contributed by atoms with Gasteiger partial charge in [-0.05, 0) is 54.7 Å². The molecule has 2 rings (SSSR count). The molecule has 0 aliphatic carbocycles. The third-order valence-corrected chi connectivity index (χ3v) is 4.76. The summed E-state index contributed by atoms with van der Waals surface area (Å²) in [5.41, 5.74) is 11.1. The van der Waals surface area contributed by atoms with Crippen molar-refractivity contribution < 1.29 is 0 Å². The Morgan fingerprint density at radius 1 is 1.11 bits per heavy atom. The SMILES string of the molecule is Cc1cc(C(N)Cc2ccc(Cl)cc2)cc(C)c1Br. The van der Waals surface area contributed by atoms with Crippen LogP contribution >= 0.6 is 27.5 Å². The molecule has 0 saturated carbocycles. The average Bonchev–Trinajstić information content (AvgIpc) is 2.38. The molecule has 1 nitrogen and oxygen atoms in total. The van der Waals surface area contributed by atoms with Crippen LogP contribution in [0.5, 0.6) is 0 Å². The van der Waals surface area contributed by atoms with Crippen molar-refractivity contribution in [2.75, 3.05) is 0 Å². The molecule has 1 unspecified atom stereocenters. The number of nitrogens with two attached hydrogens (primary N) is 1. The molecule has 2 N–H and O–H groups in total. The quantitative estimate of drug-likeness (QED) is 0.841. The van der Waals surface area contributed by atoms with Crippen LogP contribution in [0.3, 0.4) is 0 Å². The zero-order chi connectivity index (χ0) is 14.0. The van der Waals surface area contributed by atoms with E-state index in [-0.39, 0.29) is 6.04 Å².